The Kier molecular flexibility index (Phi) is 2.34. The summed E-state index contributed by atoms with van der Waals surface area (Å²) in [7, 11) is 0. The van der Waals surface area contributed by atoms with Gasteiger partial charge in [-0.1, -0.05) is 60.7 Å². The Morgan fingerprint density at radius 3 is 2.31 bits per heavy atom. The molecule has 3 rings (SSSR count). The van der Waals surface area contributed by atoms with Crippen LogP contribution < -0.4 is 0 Å². The molecule has 16 heavy (non-hydrogen) atoms. The first kappa shape index (κ1) is 9.41. The lowest BCUT2D eigenvalue weighted by atomic mass is 9.89. The molecule has 0 heteroatoms. The van der Waals surface area contributed by atoms with Crippen LogP contribution >= 0.6 is 0 Å². The number of fused-ring (bicyclic) bond motifs is 1. The van der Waals surface area contributed by atoms with E-state index in [9.17, 15) is 0 Å². The number of hydrogen-bond acceptors (Lipinski definition) is 0. The number of aryl methyl sites for hydroxylation is 1. The molecule has 0 N–H and O–H groups in total. The molecule has 0 spiro atoms. The summed E-state index contributed by atoms with van der Waals surface area (Å²) in [5.41, 5.74) is 5.67. The minimum Gasteiger partial charge on any atom is -0.0622 e. The first-order valence-electron chi connectivity index (χ1n) is 5.77. The molecule has 0 unspecified atom stereocenters. The summed E-state index contributed by atoms with van der Waals surface area (Å²) in [5, 5.41) is 0. The number of rotatable bonds is 1. The fourth-order valence-corrected chi connectivity index (χ4v) is 2.31. The molecular weight excluding hydrogens is 192 g/mol. The Hall–Kier alpha value is -1.82. The zero-order chi connectivity index (χ0) is 10.8. The van der Waals surface area contributed by atoms with Crippen LogP contribution in [-0.4, -0.2) is 0 Å². The predicted octanol–water partition coefficient (Wildman–Crippen LogP) is 4.17. The van der Waals surface area contributed by atoms with Crippen molar-refractivity contribution in [3.63, 3.8) is 0 Å². The lowest BCUT2D eigenvalue weighted by Crippen LogP contribution is -1.98. The largest absolute Gasteiger partial charge is 0.0622 e. The van der Waals surface area contributed by atoms with E-state index in [1.54, 1.807) is 0 Å². The van der Waals surface area contributed by atoms with Crippen LogP contribution in [0.25, 0.3) is 11.6 Å². The number of hydrogen-bond donors (Lipinski definition) is 0. The van der Waals surface area contributed by atoms with Crippen molar-refractivity contribution in [2.45, 2.75) is 12.8 Å². The van der Waals surface area contributed by atoms with Gasteiger partial charge in [-0.15, -0.1) is 0 Å². The zero-order valence-electron chi connectivity index (χ0n) is 9.19. The second-order valence-electron chi connectivity index (χ2n) is 4.23. The van der Waals surface area contributed by atoms with E-state index in [0.29, 0.717) is 0 Å². The molecule has 0 aromatic heterocycles. The number of benzene rings is 2. The van der Waals surface area contributed by atoms with Gasteiger partial charge >= 0.3 is 0 Å². The van der Waals surface area contributed by atoms with E-state index >= 15 is 0 Å². The summed E-state index contributed by atoms with van der Waals surface area (Å²) >= 11 is 0. The normalized spacial score (nSPS) is 14.1. The molecular formula is C16H14. The second-order valence-corrected chi connectivity index (χ2v) is 4.23. The summed E-state index contributed by atoms with van der Waals surface area (Å²) in [6.07, 6.45) is 4.64. The van der Waals surface area contributed by atoms with Crippen LogP contribution in [0.15, 0.2) is 54.6 Å². The molecule has 2 aromatic carbocycles. The van der Waals surface area contributed by atoms with Crippen LogP contribution in [0.3, 0.4) is 0 Å². The minimum atomic E-state index is 1.15. The van der Waals surface area contributed by atoms with Gasteiger partial charge in [0, 0.05) is 0 Å². The fraction of sp³-hybridized carbons (Fsp3) is 0.125. The van der Waals surface area contributed by atoms with Gasteiger partial charge in [0.25, 0.3) is 0 Å². The predicted molar refractivity (Wildman–Crippen MR) is 69.1 cm³/mol. The Morgan fingerprint density at radius 2 is 1.44 bits per heavy atom. The molecule has 78 valence electrons. The van der Waals surface area contributed by atoms with Crippen molar-refractivity contribution in [2.75, 3.05) is 0 Å². The Morgan fingerprint density at radius 1 is 0.688 bits per heavy atom. The average molecular weight is 206 g/mol. The fourth-order valence-electron chi connectivity index (χ4n) is 2.31. The molecule has 0 radical (unpaired) electrons. The van der Waals surface area contributed by atoms with Crippen molar-refractivity contribution in [1.29, 1.82) is 0 Å². The third-order valence-corrected chi connectivity index (χ3v) is 3.19. The Labute approximate surface area is 96.3 Å². The molecule has 0 nitrogen and oxygen atoms in total. The summed E-state index contributed by atoms with van der Waals surface area (Å²) in [5.74, 6) is 0. The van der Waals surface area contributed by atoms with E-state index in [2.05, 4.69) is 60.7 Å². The molecule has 2 aromatic rings. The van der Waals surface area contributed by atoms with Crippen LogP contribution in [0, 0.1) is 0 Å². The van der Waals surface area contributed by atoms with Gasteiger partial charge in [-0.25, -0.2) is 0 Å². The van der Waals surface area contributed by atoms with Crippen LogP contribution in [0.5, 0.6) is 0 Å². The molecule has 0 saturated heterocycles. The van der Waals surface area contributed by atoms with Crippen molar-refractivity contribution >= 4 is 11.6 Å². The first-order chi connectivity index (χ1) is 7.93. The van der Waals surface area contributed by atoms with Gasteiger partial charge in [-0.2, -0.15) is 0 Å². The summed E-state index contributed by atoms with van der Waals surface area (Å²) in [6.45, 7) is 0. The van der Waals surface area contributed by atoms with Gasteiger partial charge in [0.05, 0.1) is 0 Å². The van der Waals surface area contributed by atoms with Gasteiger partial charge in [0.15, 0.2) is 0 Å². The van der Waals surface area contributed by atoms with Crippen LogP contribution in [0.2, 0.25) is 0 Å². The molecule has 0 aliphatic heterocycles. The van der Waals surface area contributed by atoms with Crippen molar-refractivity contribution < 1.29 is 0 Å². The highest BCUT2D eigenvalue weighted by Gasteiger charge is 2.10. The average Bonchev–Trinajstić information content (AvgIpc) is 2.39. The van der Waals surface area contributed by atoms with E-state index in [4.69, 9.17) is 0 Å². The Bertz CT molecular complexity index is 521. The topological polar surface area (TPSA) is 0 Å². The maximum absolute atomic E-state index is 2.33. The molecule has 0 atom stereocenters. The zero-order valence-corrected chi connectivity index (χ0v) is 9.19. The first-order valence-corrected chi connectivity index (χ1v) is 5.77. The molecule has 1 aliphatic carbocycles. The third kappa shape index (κ3) is 1.67. The molecule has 0 saturated carbocycles. The van der Waals surface area contributed by atoms with Gasteiger partial charge in [0.2, 0.25) is 0 Å². The maximum Gasteiger partial charge on any atom is -0.0221 e. The molecule has 0 amide bonds. The van der Waals surface area contributed by atoms with Crippen LogP contribution in [0.1, 0.15) is 23.1 Å². The lowest BCUT2D eigenvalue weighted by molar-refractivity contribution is 1.00. The highest BCUT2D eigenvalue weighted by Crippen LogP contribution is 2.29. The monoisotopic (exact) mass is 206 g/mol. The highest BCUT2D eigenvalue weighted by atomic mass is 14.1. The van der Waals surface area contributed by atoms with E-state index in [1.165, 1.54) is 22.3 Å². The SMILES string of the molecule is C1=C(c2ccccc2)CCc2ccccc21. The lowest BCUT2D eigenvalue weighted by Gasteiger charge is -2.16. The van der Waals surface area contributed by atoms with Crippen LogP contribution in [-0.2, 0) is 6.42 Å². The second kappa shape index (κ2) is 3.97. The van der Waals surface area contributed by atoms with Gasteiger partial charge in [-0.05, 0) is 35.1 Å². The highest BCUT2D eigenvalue weighted by molar-refractivity contribution is 5.84. The summed E-state index contributed by atoms with van der Waals surface area (Å²) < 4.78 is 0. The van der Waals surface area contributed by atoms with E-state index < -0.39 is 0 Å². The minimum absolute atomic E-state index is 1.15. The van der Waals surface area contributed by atoms with Crippen LogP contribution in [0.4, 0.5) is 0 Å². The van der Waals surface area contributed by atoms with E-state index in [0.717, 1.165) is 12.8 Å². The number of allylic oxidation sites excluding steroid dienone is 1. The smallest absolute Gasteiger partial charge is 0.0221 e. The molecule has 0 bridgehead atoms. The third-order valence-electron chi connectivity index (χ3n) is 3.19. The molecule has 0 fully saturated rings. The maximum atomic E-state index is 2.33. The molecule has 0 heterocycles. The summed E-state index contributed by atoms with van der Waals surface area (Å²) in [6, 6.07) is 19.3. The van der Waals surface area contributed by atoms with E-state index in [1.807, 2.05) is 0 Å². The van der Waals surface area contributed by atoms with Crippen molar-refractivity contribution in [1.82, 2.24) is 0 Å². The van der Waals surface area contributed by atoms with E-state index in [-0.39, 0.29) is 0 Å². The quantitative estimate of drug-likeness (QED) is 0.656. The van der Waals surface area contributed by atoms with Crippen molar-refractivity contribution in [3.05, 3.63) is 71.3 Å². The van der Waals surface area contributed by atoms with Crippen molar-refractivity contribution in [2.24, 2.45) is 0 Å². The van der Waals surface area contributed by atoms with Gasteiger partial charge in [0.1, 0.15) is 0 Å². The Balaban J connectivity index is 2.04. The van der Waals surface area contributed by atoms with Gasteiger partial charge < -0.3 is 0 Å². The standard InChI is InChI=1S/C16H14/c1-2-6-13(7-3-1)16-11-10-14-8-4-5-9-15(14)12-16/h1-9,12H,10-11H2. The van der Waals surface area contributed by atoms with Gasteiger partial charge in [-0.3, -0.25) is 0 Å². The van der Waals surface area contributed by atoms with Crippen molar-refractivity contribution in [3.8, 4) is 0 Å². The summed E-state index contributed by atoms with van der Waals surface area (Å²) in [4.78, 5) is 0. The molecule has 1 aliphatic rings.